The Balaban J connectivity index is 2.19. The zero-order valence-corrected chi connectivity index (χ0v) is 10.3. The second-order valence-corrected chi connectivity index (χ2v) is 4.11. The van der Waals surface area contributed by atoms with E-state index in [-0.39, 0.29) is 22.4 Å². The molecule has 2 rings (SSSR count). The molecule has 1 aromatic heterocycles. The highest BCUT2D eigenvalue weighted by Gasteiger charge is 2.11. The van der Waals surface area contributed by atoms with Crippen LogP contribution in [0.2, 0.25) is 5.15 Å². The predicted molar refractivity (Wildman–Crippen MR) is 68.3 cm³/mol. The van der Waals surface area contributed by atoms with Gasteiger partial charge in [-0.3, -0.25) is 4.79 Å². The summed E-state index contributed by atoms with van der Waals surface area (Å²) in [6.45, 7) is 1.79. The van der Waals surface area contributed by atoms with E-state index < -0.39 is 0 Å². The molecule has 0 bridgehead atoms. The lowest BCUT2D eigenvalue weighted by atomic mass is 10.2. The number of benzene rings is 1. The smallest absolute Gasteiger partial charge is 0.258 e. The Labute approximate surface area is 109 Å². The zero-order chi connectivity index (χ0) is 13.1. The fraction of sp³-hybridized carbons (Fsp3) is 0.0769. The fourth-order valence-corrected chi connectivity index (χ4v) is 1.71. The van der Waals surface area contributed by atoms with Gasteiger partial charge in [-0.05, 0) is 43.3 Å². The number of hydrogen-bond acceptors (Lipinski definition) is 2. The largest absolute Gasteiger partial charge is 0.322 e. The first kappa shape index (κ1) is 12.5. The van der Waals surface area contributed by atoms with E-state index in [0.717, 1.165) is 5.69 Å². The van der Waals surface area contributed by atoms with Crippen LogP contribution in [0.3, 0.4) is 0 Å². The monoisotopic (exact) mass is 264 g/mol. The second-order valence-electron chi connectivity index (χ2n) is 3.75. The number of amides is 1. The summed E-state index contributed by atoms with van der Waals surface area (Å²) >= 11 is 5.88. The molecule has 0 fully saturated rings. The summed E-state index contributed by atoms with van der Waals surface area (Å²) in [6, 6.07) is 8.79. The standard InChI is InChI=1S/C13H10ClFN2O/c1-8-2-7-11(12(14)16-8)13(18)17-10-5-3-9(15)4-6-10/h2-7H,1H3,(H,17,18). The molecule has 5 heteroatoms. The highest BCUT2D eigenvalue weighted by molar-refractivity contribution is 6.33. The van der Waals surface area contributed by atoms with Crippen molar-refractivity contribution in [2.24, 2.45) is 0 Å². The first-order valence-corrected chi connectivity index (χ1v) is 5.64. The Morgan fingerprint density at radius 1 is 1.22 bits per heavy atom. The maximum absolute atomic E-state index is 12.7. The summed E-state index contributed by atoms with van der Waals surface area (Å²) < 4.78 is 12.7. The molecule has 18 heavy (non-hydrogen) atoms. The third-order valence-corrected chi connectivity index (χ3v) is 2.62. The van der Waals surface area contributed by atoms with Gasteiger partial charge in [0, 0.05) is 11.4 Å². The Bertz CT molecular complexity index is 584. The molecule has 1 aromatic carbocycles. The van der Waals surface area contributed by atoms with Gasteiger partial charge in [0.25, 0.3) is 5.91 Å². The molecule has 1 amide bonds. The van der Waals surface area contributed by atoms with E-state index in [1.54, 1.807) is 19.1 Å². The quantitative estimate of drug-likeness (QED) is 0.845. The van der Waals surface area contributed by atoms with Crippen LogP contribution < -0.4 is 5.32 Å². The molecule has 0 aliphatic rings. The van der Waals surface area contributed by atoms with Crippen molar-refractivity contribution in [1.82, 2.24) is 4.98 Å². The summed E-state index contributed by atoms with van der Waals surface area (Å²) in [6.07, 6.45) is 0. The summed E-state index contributed by atoms with van der Waals surface area (Å²) in [7, 11) is 0. The molecule has 1 heterocycles. The second kappa shape index (κ2) is 5.14. The molecule has 92 valence electrons. The average Bonchev–Trinajstić information content (AvgIpc) is 2.32. The number of halogens is 2. The molecule has 0 radical (unpaired) electrons. The zero-order valence-electron chi connectivity index (χ0n) is 9.58. The van der Waals surface area contributed by atoms with Gasteiger partial charge < -0.3 is 5.32 Å². The number of carbonyl (C=O) groups excluding carboxylic acids is 1. The van der Waals surface area contributed by atoms with Crippen LogP contribution >= 0.6 is 11.6 Å². The van der Waals surface area contributed by atoms with Gasteiger partial charge in [0.2, 0.25) is 0 Å². The summed E-state index contributed by atoms with van der Waals surface area (Å²) in [5, 5.41) is 2.76. The molecule has 2 aromatic rings. The molecule has 0 spiro atoms. The van der Waals surface area contributed by atoms with E-state index in [2.05, 4.69) is 10.3 Å². The van der Waals surface area contributed by atoms with Crippen molar-refractivity contribution in [1.29, 1.82) is 0 Å². The lowest BCUT2D eigenvalue weighted by molar-refractivity contribution is 0.102. The van der Waals surface area contributed by atoms with Crippen molar-refractivity contribution in [2.75, 3.05) is 5.32 Å². The van der Waals surface area contributed by atoms with Crippen molar-refractivity contribution in [2.45, 2.75) is 6.92 Å². The van der Waals surface area contributed by atoms with Crippen molar-refractivity contribution in [3.63, 3.8) is 0 Å². The molecule has 0 aliphatic heterocycles. The van der Waals surface area contributed by atoms with Gasteiger partial charge in [-0.15, -0.1) is 0 Å². The summed E-state index contributed by atoms with van der Waals surface area (Å²) in [4.78, 5) is 15.9. The topological polar surface area (TPSA) is 42.0 Å². The van der Waals surface area contributed by atoms with E-state index in [9.17, 15) is 9.18 Å². The molecule has 0 saturated carbocycles. The number of aryl methyl sites for hydroxylation is 1. The fourth-order valence-electron chi connectivity index (χ4n) is 1.43. The van der Waals surface area contributed by atoms with Crippen molar-refractivity contribution in [3.8, 4) is 0 Å². The number of nitrogens with zero attached hydrogens (tertiary/aromatic N) is 1. The third-order valence-electron chi connectivity index (χ3n) is 2.33. The van der Waals surface area contributed by atoms with Crippen LogP contribution in [0.15, 0.2) is 36.4 Å². The van der Waals surface area contributed by atoms with Crippen LogP contribution in [0, 0.1) is 12.7 Å². The molecular weight excluding hydrogens is 255 g/mol. The minimum atomic E-state index is -0.376. The van der Waals surface area contributed by atoms with Crippen molar-refractivity contribution >= 4 is 23.2 Å². The van der Waals surface area contributed by atoms with E-state index >= 15 is 0 Å². The van der Waals surface area contributed by atoms with Crippen LogP contribution in [0.5, 0.6) is 0 Å². The van der Waals surface area contributed by atoms with Gasteiger partial charge in [0.15, 0.2) is 0 Å². The number of aromatic nitrogens is 1. The average molecular weight is 265 g/mol. The summed E-state index contributed by atoms with van der Waals surface area (Å²) in [5.41, 5.74) is 1.52. The lowest BCUT2D eigenvalue weighted by Gasteiger charge is -2.06. The summed E-state index contributed by atoms with van der Waals surface area (Å²) in [5.74, 6) is -0.734. The Morgan fingerprint density at radius 3 is 2.50 bits per heavy atom. The van der Waals surface area contributed by atoms with Crippen LogP contribution in [-0.4, -0.2) is 10.9 Å². The van der Waals surface area contributed by atoms with Crippen LogP contribution in [0.25, 0.3) is 0 Å². The van der Waals surface area contributed by atoms with Crippen LogP contribution in [0.1, 0.15) is 16.1 Å². The van der Waals surface area contributed by atoms with Gasteiger partial charge in [0.05, 0.1) is 5.56 Å². The minimum absolute atomic E-state index is 0.148. The van der Waals surface area contributed by atoms with E-state index in [0.29, 0.717) is 5.69 Å². The number of hydrogen-bond donors (Lipinski definition) is 1. The van der Waals surface area contributed by atoms with Crippen LogP contribution in [-0.2, 0) is 0 Å². The van der Waals surface area contributed by atoms with E-state index in [1.165, 1.54) is 24.3 Å². The van der Waals surface area contributed by atoms with Gasteiger partial charge in [-0.1, -0.05) is 11.6 Å². The van der Waals surface area contributed by atoms with E-state index in [4.69, 9.17) is 11.6 Å². The molecular formula is C13H10ClFN2O. The molecule has 0 atom stereocenters. The molecule has 0 aliphatic carbocycles. The number of anilines is 1. The first-order valence-electron chi connectivity index (χ1n) is 5.26. The van der Waals surface area contributed by atoms with Crippen molar-refractivity contribution in [3.05, 3.63) is 58.6 Å². The molecule has 0 saturated heterocycles. The lowest BCUT2D eigenvalue weighted by Crippen LogP contribution is -2.13. The highest BCUT2D eigenvalue weighted by atomic mass is 35.5. The first-order chi connectivity index (χ1) is 8.56. The third kappa shape index (κ3) is 2.84. The van der Waals surface area contributed by atoms with E-state index in [1.807, 2.05) is 0 Å². The van der Waals surface area contributed by atoms with Gasteiger partial charge in [0.1, 0.15) is 11.0 Å². The number of rotatable bonds is 2. The number of nitrogens with one attached hydrogen (secondary N) is 1. The van der Waals surface area contributed by atoms with Gasteiger partial charge in [-0.2, -0.15) is 0 Å². The highest BCUT2D eigenvalue weighted by Crippen LogP contribution is 2.16. The molecule has 1 N–H and O–H groups in total. The number of carbonyl (C=O) groups is 1. The van der Waals surface area contributed by atoms with Crippen LogP contribution in [0.4, 0.5) is 10.1 Å². The Hall–Kier alpha value is -1.94. The molecule has 3 nitrogen and oxygen atoms in total. The Kier molecular flexibility index (Phi) is 3.58. The normalized spacial score (nSPS) is 10.2. The maximum atomic E-state index is 12.7. The van der Waals surface area contributed by atoms with Gasteiger partial charge >= 0.3 is 0 Å². The Morgan fingerprint density at radius 2 is 1.89 bits per heavy atom. The predicted octanol–water partition coefficient (Wildman–Crippen LogP) is 3.43. The van der Waals surface area contributed by atoms with Gasteiger partial charge in [-0.25, -0.2) is 9.37 Å². The molecule has 0 unspecified atom stereocenters. The van der Waals surface area contributed by atoms with Crippen molar-refractivity contribution < 1.29 is 9.18 Å². The SMILES string of the molecule is Cc1ccc(C(=O)Nc2ccc(F)cc2)c(Cl)n1. The minimum Gasteiger partial charge on any atom is -0.322 e. The maximum Gasteiger partial charge on any atom is 0.258 e. The number of pyridine rings is 1.